The lowest BCUT2D eigenvalue weighted by molar-refractivity contribution is 0.567. The van der Waals surface area contributed by atoms with Crippen LogP contribution >= 0.6 is 43.2 Å². The number of hydrogen-bond acceptors (Lipinski definition) is 2. The average molecular weight is 407 g/mol. The standard InChI is InChI=1S/C15H21Br2NS/c1-2-9-18-14(11-7-5-3-4-6-8-11)12-10-13(16)19-15(12)17/h7,10,14,18H,2-6,8-9H2,1H3. The van der Waals surface area contributed by atoms with Crippen molar-refractivity contribution in [2.24, 2.45) is 0 Å². The molecule has 1 aliphatic carbocycles. The Morgan fingerprint density at radius 2 is 2.16 bits per heavy atom. The molecule has 4 heteroatoms. The molecule has 0 bridgehead atoms. The zero-order valence-corrected chi connectivity index (χ0v) is 15.3. The van der Waals surface area contributed by atoms with Crippen molar-refractivity contribution in [1.29, 1.82) is 0 Å². The first-order valence-corrected chi connectivity index (χ1v) is 9.49. The molecule has 0 aromatic carbocycles. The van der Waals surface area contributed by atoms with Crippen molar-refractivity contribution < 1.29 is 0 Å². The van der Waals surface area contributed by atoms with Gasteiger partial charge in [-0.3, -0.25) is 0 Å². The van der Waals surface area contributed by atoms with Crippen molar-refractivity contribution in [3.63, 3.8) is 0 Å². The van der Waals surface area contributed by atoms with Crippen molar-refractivity contribution in [3.8, 4) is 0 Å². The lowest BCUT2D eigenvalue weighted by atomic mass is 9.97. The van der Waals surface area contributed by atoms with Gasteiger partial charge in [0, 0.05) is 0 Å². The monoisotopic (exact) mass is 405 g/mol. The van der Waals surface area contributed by atoms with Crippen molar-refractivity contribution >= 4 is 43.2 Å². The number of nitrogens with one attached hydrogen (secondary N) is 1. The molecule has 0 fully saturated rings. The van der Waals surface area contributed by atoms with Crippen LogP contribution in [0.5, 0.6) is 0 Å². The Kier molecular flexibility index (Phi) is 6.60. The second-order valence-electron chi connectivity index (χ2n) is 5.05. The van der Waals surface area contributed by atoms with Gasteiger partial charge in [0.2, 0.25) is 0 Å². The van der Waals surface area contributed by atoms with E-state index in [2.05, 4.69) is 56.2 Å². The predicted octanol–water partition coefficient (Wildman–Crippen LogP) is 6.20. The second kappa shape index (κ2) is 7.96. The molecule has 1 nitrogen and oxygen atoms in total. The maximum atomic E-state index is 3.72. The third-order valence-electron chi connectivity index (χ3n) is 3.54. The topological polar surface area (TPSA) is 12.0 Å². The Morgan fingerprint density at radius 1 is 1.32 bits per heavy atom. The molecular weight excluding hydrogens is 386 g/mol. The second-order valence-corrected chi connectivity index (χ2v) is 8.79. The molecule has 0 aliphatic heterocycles. The summed E-state index contributed by atoms with van der Waals surface area (Å²) in [6.45, 7) is 3.30. The van der Waals surface area contributed by atoms with E-state index in [1.165, 1.54) is 51.7 Å². The molecule has 19 heavy (non-hydrogen) atoms. The van der Waals surface area contributed by atoms with E-state index in [1.807, 2.05) is 0 Å². The largest absolute Gasteiger partial charge is 0.306 e. The van der Waals surface area contributed by atoms with Gasteiger partial charge in [-0.25, -0.2) is 0 Å². The summed E-state index contributed by atoms with van der Waals surface area (Å²) in [5, 5.41) is 3.72. The molecule has 0 saturated heterocycles. The number of hydrogen-bond donors (Lipinski definition) is 1. The fourth-order valence-corrected chi connectivity index (χ4v) is 5.48. The average Bonchev–Trinajstić information content (AvgIpc) is 2.60. The molecule has 0 amide bonds. The number of thiophene rings is 1. The first-order chi connectivity index (χ1) is 9.22. The molecule has 1 heterocycles. The van der Waals surface area contributed by atoms with Gasteiger partial charge in [0.1, 0.15) is 0 Å². The van der Waals surface area contributed by atoms with Gasteiger partial charge in [-0.1, -0.05) is 25.0 Å². The minimum atomic E-state index is 0.384. The lowest BCUT2D eigenvalue weighted by Gasteiger charge is -2.21. The molecule has 106 valence electrons. The molecule has 0 spiro atoms. The third-order valence-corrected chi connectivity index (χ3v) is 5.93. The highest BCUT2D eigenvalue weighted by molar-refractivity contribution is 9.12. The van der Waals surface area contributed by atoms with E-state index in [4.69, 9.17) is 0 Å². The summed E-state index contributed by atoms with van der Waals surface area (Å²) in [4.78, 5) is 0. The zero-order chi connectivity index (χ0) is 13.7. The van der Waals surface area contributed by atoms with E-state index < -0.39 is 0 Å². The van der Waals surface area contributed by atoms with Gasteiger partial charge in [-0.2, -0.15) is 0 Å². The maximum absolute atomic E-state index is 3.72. The highest BCUT2D eigenvalue weighted by atomic mass is 79.9. The van der Waals surface area contributed by atoms with Gasteiger partial charge in [0.25, 0.3) is 0 Å². The third kappa shape index (κ3) is 4.42. The molecule has 0 radical (unpaired) electrons. The van der Waals surface area contributed by atoms with Crippen LogP contribution in [0.3, 0.4) is 0 Å². The molecule has 1 N–H and O–H groups in total. The van der Waals surface area contributed by atoms with Crippen molar-refractivity contribution in [3.05, 3.63) is 30.9 Å². The van der Waals surface area contributed by atoms with Crippen molar-refractivity contribution in [1.82, 2.24) is 5.32 Å². The van der Waals surface area contributed by atoms with Gasteiger partial charge in [-0.15, -0.1) is 11.3 Å². The van der Waals surface area contributed by atoms with Crippen molar-refractivity contribution in [2.45, 2.75) is 51.5 Å². The normalized spacial score (nSPS) is 17.9. The van der Waals surface area contributed by atoms with Crippen molar-refractivity contribution in [2.75, 3.05) is 6.54 Å². The molecule has 1 aliphatic rings. The van der Waals surface area contributed by atoms with Crippen LogP contribution in [-0.2, 0) is 0 Å². The van der Waals surface area contributed by atoms with E-state index in [9.17, 15) is 0 Å². The Balaban J connectivity index is 2.24. The SMILES string of the molecule is CCCNC(C1=CCCCCC1)c1cc(Br)sc1Br. The highest BCUT2D eigenvalue weighted by Gasteiger charge is 2.21. The number of allylic oxidation sites excluding steroid dienone is 1. The maximum Gasteiger partial charge on any atom is 0.0761 e. The van der Waals surface area contributed by atoms with Crippen LogP contribution in [0.15, 0.2) is 25.3 Å². The lowest BCUT2D eigenvalue weighted by Crippen LogP contribution is -2.24. The van der Waals surface area contributed by atoms with Crippen LogP contribution in [0.25, 0.3) is 0 Å². The summed E-state index contributed by atoms with van der Waals surface area (Å²) in [5.41, 5.74) is 2.97. The summed E-state index contributed by atoms with van der Waals surface area (Å²) in [6, 6.07) is 2.64. The number of rotatable bonds is 5. The first kappa shape index (κ1) is 15.7. The van der Waals surface area contributed by atoms with Gasteiger partial charge >= 0.3 is 0 Å². The summed E-state index contributed by atoms with van der Waals surface area (Å²) in [7, 11) is 0. The summed E-state index contributed by atoms with van der Waals surface area (Å²) in [6.07, 6.45) is 10.2. The quantitative estimate of drug-likeness (QED) is 0.573. The van der Waals surface area contributed by atoms with Gasteiger partial charge < -0.3 is 5.32 Å². The van der Waals surface area contributed by atoms with Crippen LogP contribution in [-0.4, -0.2) is 6.54 Å². The summed E-state index contributed by atoms with van der Waals surface area (Å²) in [5.74, 6) is 0. The minimum Gasteiger partial charge on any atom is -0.306 e. The smallest absolute Gasteiger partial charge is 0.0761 e. The zero-order valence-electron chi connectivity index (χ0n) is 11.3. The van der Waals surface area contributed by atoms with E-state index >= 15 is 0 Å². The summed E-state index contributed by atoms with van der Waals surface area (Å²) >= 11 is 9.08. The predicted molar refractivity (Wildman–Crippen MR) is 91.9 cm³/mol. The molecule has 2 rings (SSSR count). The first-order valence-electron chi connectivity index (χ1n) is 7.09. The van der Waals surface area contributed by atoms with Gasteiger partial charge in [-0.05, 0) is 82.1 Å². The molecule has 1 aromatic heterocycles. The van der Waals surface area contributed by atoms with Crippen LogP contribution in [0, 0.1) is 0 Å². The van der Waals surface area contributed by atoms with Gasteiger partial charge in [0.15, 0.2) is 0 Å². The molecule has 0 saturated carbocycles. The van der Waals surface area contributed by atoms with E-state index in [-0.39, 0.29) is 0 Å². The fourth-order valence-electron chi connectivity index (χ4n) is 2.58. The molecule has 1 aromatic rings. The number of halogens is 2. The molecule has 1 unspecified atom stereocenters. The van der Waals surface area contributed by atoms with Crippen LogP contribution in [0.4, 0.5) is 0 Å². The minimum absolute atomic E-state index is 0.384. The van der Waals surface area contributed by atoms with Crippen LogP contribution < -0.4 is 5.32 Å². The Hall–Kier alpha value is 0.360. The molecule has 1 atom stereocenters. The van der Waals surface area contributed by atoms with E-state index in [0.717, 1.165) is 6.54 Å². The molecular formula is C15H21Br2NS. The van der Waals surface area contributed by atoms with Crippen LogP contribution in [0.2, 0.25) is 0 Å². The van der Waals surface area contributed by atoms with Crippen LogP contribution in [0.1, 0.15) is 57.1 Å². The Morgan fingerprint density at radius 3 is 2.84 bits per heavy atom. The van der Waals surface area contributed by atoms with E-state index in [0.29, 0.717) is 6.04 Å². The van der Waals surface area contributed by atoms with Gasteiger partial charge in [0.05, 0.1) is 13.6 Å². The summed E-state index contributed by atoms with van der Waals surface area (Å²) < 4.78 is 2.45. The van der Waals surface area contributed by atoms with E-state index in [1.54, 1.807) is 16.9 Å². The highest BCUT2D eigenvalue weighted by Crippen LogP contribution is 2.39. The fraction of sp³-hybridized carbons (Fsp3) is 0.600. The Labute approximate surface area is 137 Å². The Bertz CT molecular complexity index is 439.